The van der Waals surface area contributed by atoms with Gasteiger partial charge in [-0.3, -0.25) is 0 Å². The zero-order chi connectivity index (χ0) is 22.8. The molecule has 0 aliphatic carbocycles. The van der Waals surface area contributed by atoms with E-state index in [1.807, 2.05) is 0 Å². The molecule has 0 aromatic heterocycles. The van der Waals surface area contributed by atoms with Crippen LogP contribution in [0.5, 0.6) is 0 Å². The van der Waals surface area contributed by atoms with Crippen molar-refractivity contribution in [2.24, 2.45) is 0 Å². The Balaban J connectivity index is 0. The minimum absolute atomic E-state index is 0.601. The van der Waals surface area contributed by atoms with Crippen LogP contribution in [0.25, 0.3) is 0 Å². The predicted molar refractivity (Wildman–Crippen MR) is 120 cm³/mol. The number of hydrogen-bond acceptors (Lipinski definition) is 3. The summed E-state index contributed by atoms with van der Waals surface area (Å²) < 4.78 is 58.9. The molecule has 0 fully saturated rings. The molecule has 0 radical (unpaired) electrons. The maximum atomic E-state index is 10.7. The van der Waals surface area contributed by atoms with Crippen LogP contribution in [0.1, 0.15) is 105 Å². The van der Waals surface area contributed by atoms with E-state index >= 15 is 0 Å². The van der Waals surface area contributed by atoms with Gasteiger partial charge < -0.3 is 4.55 Å². The van der Waals surface area contributed by atoms with Gasteiger partial charge in [-0.05, 0) is 32.1 Å². The first-order valence-corrected chi connectivity index (χ1v) is 15.3. The lowest BCUT2D eigenvalue weighted by molar-refractivity contribution is -0.0517. The van der Waals surface area contributed by atoms with E-state index in [2.05, 4.69) is 27.7 Å². The molecule has 0 unspecified atom stereocenters. The SMILES string of the molecule is CCCCCCCC[P+](CCCC)(CCCC)CCCC.O=S(=O)([O-])C(F)(F)F. The van der Waals surface area contributed by atoms with Crippen molar-refractivity contribution in [2.45, 2.75) is 110 Å². The fourth-order valence-electron chi connectivity index (χ4n) is 3.38. The Hall–Kier alpha value is 0.130. The average molecular weight is 465 g/mol. The maximum Gasteiger partial charge on any atom is 0.485 e. The normalized spacial score (nSPS) is 12.6. The highest BCUT2D eigenvalue weighted by Crippen LogP contribution is 2.61. The summed E-state index contributed by atoms with van der Waals surface area (Å²) in [4.78, 5) is 0. The minimum atomic E-state index is -6.09. The molecule has 0 bridgehead atoms. The third-order valence-corrected chi connectivity index (χ3v) is 10.9. The maximum absolute atomic E-state index is 10.7. The summed E-state index contributed by atoms with van der Waals surface area (Å²) in [5.74, 6) is 0. The van der Waals surface area contributed by atoms with Crippen molar-refractivity contribution < 1.29 is 26.1 Å². The first kappa shape index (κ1) is 31.3. The number of alkyl halides is 3. The van der Waals surface area contributed by atoms with Gasteiger partial charge in [0, 0.05) is 7.26 Å². The van der Waals surface area contributed by atoms with Gasteiger partial charge in [0.2, 0.25) is 0 Å². The number of rotatable bonds is 16. The van der Waals surface area contributed by atoms with Crippen LogP contribution in [-0.4, -0.2) is 43.1 Å². The lowest BCUT2D eigenvalue weighted by atomic mass is 10.1. The third-order valence-electron chi connectivity index (χ3n) is 5.23. The van der Waals surface area contributed by atoms with Gasteiger partial charge in [-0.25, -0.2) is 8.42 Å². The fraction of sp³-hybridized carbons (Fsp3) is 1.00. The molecule has 0 rings (SSSR count). The second kappa shape index (κ2) is 17.8. The lowest BCUT2D eigenvalue weighted by Gasteiger charge is -2.28. The first-order valence-electron chi connectivity index (χ1n) is 11.4. The molecule has 178 valence electrons. The van der Waals surface area contributed by atoms with Gasteiger partial charge >= 0.3 is 5.51 Å². The highest BCUT2D eigenvalue weighted by Gasteiger charge is 2.37. The highest BCUT2D eigenvalue weighted by atomic mass is 32.2. The molecule has 0 amide bonds. The second-order valence-corrected chi connectivity index (χ2v) is 13.8. The van der Waals surface area contributed by atoms with Crippen LogP contribution in [0.15, 0.2) is 0 Å². The number of halogens is 3. The Bertz CT molecular complexity index is 447. The van der Waals surface area contributed by atoms with Gasteiger partial charge in [0.25, 0.3) is 0 Å². The molecule has 0 saturated carbocycles. The Labute approximate surface area is 178 Å². The molecule has 0 aliphatic heterocycles. The number of hydrogen-bond donors (Lipinski definition) is 0. The van der Waals surface area contributed by atoms with E-state index < -0.39 is 22.9 Å². The van der Waals surface area contributed by atoms with Crippen LogP contribution in [0.3, 0.4) is 0 Å². The molecule has 8 heteroatoms. The Morgan fingerprint density at radius 1 is 0.621 bits per heavy atom. The van der Waals surface area contributed by atoms with Crippen molar-refractivity contribution in [2.75, 3.05) is 24.6 Å². The molecule has 0 saturated heterocycles. The molecule has 3 nitrogen and oxygen atoms in total. The fourth-order valence-corrected chi connectivity index (χ4v) is 8.58. The van der Waals surface area contributed by atoms with Crippen LogP contribution < -0.4 is 0 Å². The predicted octanol–water partition coefficient (Wildman–Crippen LogP) is 7.82. The van der Waals surface area contributed by atoms with E-state index in [0.717, 1.165) is 0 Å². The molecule has 0 spiro atoms. The quantitative estimate of drug-likeness (QED) is 0.101. The van der Waals surface area contributed by atoms with Crippen LogP contribution in [0, 0.1) is 0 Å². The standard InChI is InChI=1S/C20H44P.CHF3O3S/c1-5-9-13-14-15-16-20-21(17-10-6-2,18-11-7-3)19-12-8-4;2-1(3,4)8(5,6)7/h5-20H2,1-4H3;(H,5,6,7)/q+1;/p-1. The molecule has 0 aromatic rings. The molecule has 29 heavy (non-hydrogen) atoms. The topological polar surface area (TPSA) is 57.2 Å². The Morgan fingerprint density at radius 2 is 0.897 bits per heavy atom. The van der Waals surface area contributed by atoms with Gasteiger partial charge in [-0.15, -0.1) is 0 Å². The van der Waals surface area contributed by atoms with E-state index in [1.54, 1.807) is 24.6 Å². The van der Waals surface area contributed by atoms with Crippen molar-refractivity contribution in [1.82, 2.24) is 0 Å². The summed E-state index contributed by atoms with van der Waals surface area (Å²) in [6, 6.07) is 0. The van der Waals surface area contributed by atoms with E-state index in [4.69, 9.17) is 13.0 Å². The molecule has 0 heterocycles. The zero-order valence-corrected chi connectivity index (χ0v) is 20.7. The van der Waals surface area contributed by atoms with E-state index in [9.17, 15) is 13.2 Å². The Kier molecular flexibility index (Phi) is 19.2. The summed E-state index contributed by atoms with van der Waals surface area (Å²) in [5, 5.41) is 0. The van der Waals surface area contributed by atoms with Gasteiger partial charge in [0.05, 0.1) is 24.6 Å². The van der Waals surface area contributed by atoms with Crippen molar-refractivity contribution >= 4 is 17.4 Å². The van der Waals surface area contributed by atoms with Crippen molar-refractivity contribution in [3.63, 3.8) is 0 Å². The minimum Gasteiger partial charge on any atom is -0.741 e. The van der Waals surface area contributed by atoms with E-state index in [0.29, 0.717) is 0 Å². The van der Waals surface area contributed by atoms with Crippen molar-refractivity contribution in [3.8, 4) is 0 Å². The molecular formula is C21H44F3O3PS. The van der Waals surface area contributed by atoms with E-state index in [-0.39, 0.29) is 0 Å². The smallest absolute Gasteiger partial charge is 0.485 e. The molecule has 0 atom stereocenters. The summed E-state index contributed by atoms with van der Waals surface area (Å²) in [7, 11) is -6.69. The first-order chi connectivity index (χ1) is 13.5. The summed E-state index contributed by atoms with van der Waals surface area (Å²) in [6.45, 7) is 9.44. The van der Waals surface area contributed by atoms with Crippen molar-refractivity contribution in [3.05, 3.63) is 0 Å². The molecular weight excluding hydrogens is 420 g/mol. The zero-order valence-electron chi connectivity index (χ0n) is 19.0. The molecule has 0 N–H and O–H groups in total. The highest BCUT2D eigenvalue weighted by molar-refractivity contribution is 7.86. The van der Waals surface area contributed by atoms with Crippen LogP contribution in [0.2, 0.25) is 0 Å². The van der Waals surface area contributed by atoms with Gasteiger partial charge in [0.1, 0.15) is 0 Å². The Morgan fingerprint density at radius 3 is 1.21 bits per heavy atom. The van der Waals surface area contributed by atoms with Crippen molar-refractivity contribution in [1.29, 1.82) is 0 Å². The summed E-state index contributed by atoms with van der Waals surface area (Å²) >= 11 is 0. The molecule has 0 aromatic carbocycles. The van der Waals surface area contributed by atoms with Crippen LogP contribution >= 0.6 is 7.26 Å². The van der Waals surface area contributed by atoms with Gasteiger partial charge in [0.15, 0.2) is 10.1 Å². The summed E-state index contributed by atoms with van der Waals surface area (Å²) in [5.41, 5.74) is -5.65. The van der Waals surface area contributed by atoms with E-state index in [1.165, 1.54) is 77.0 Å². The lowest BCUT2D eigenvalue weighted by Crippen LogP contribution is -2.21. The van der Waals surface area contributed by atoms with Crippen LogP contribution in [0.4, 0.5) is 13.2 Å². The second-order valence-electron chi connectivity index (χ2n) is 7.96. The van der Waals surface area contributed by atoms with Gasteiger partial charge in [-0.1, -0.05) is 72.6 Å². The van der Waals surface area contributed by atoms with Crippen LogP contribution in [-0.2, 0) is 10.1 Å². The number of unbranched alkanes of at least 4 members (excludes halogenated alkanes) is 8. The summed E-state index contributed by atoms with van der Waals surface area (Å²) in [6.07, 6.45) is 24.0. The van der Waals surface area contributed by atoms with Gasteiger partial charge in [-0.2, -0.15) is 13.2 Å². The third kappa shape index (κ3) is 17.5. The molecule has 0 aliphatic rings. The average Bonchev–Trinajstić information content (AvgIpc) is 2.64. The largest absolute Gasteiger partial charge is 0.741 e. The monoisotopic (exact) mass is 464 g/mol.